The second kappa shape index (κ2) is 4.52. The minimum absolute atomic E-state index is 0.231. The fourth-order valence-corrected chi connectivity index (χ4v) is 2.53. The van der Waals surface area contributed by atoms with Gasteiger partial charge in [-0.2, -0.15) is 0 Å². The van der Waals surface area contributed by atoms with E-state index >= 15 is 0 Å². The summed E-state index contributed by atoms with van der Waals surface area (Å²) in [6.07, 6.45) is 2.75. The summed E-state index contributed by atoms with van der Waals surface area (Å²) in [5, 5.41) is 0. The lowest BCUT2D eigenvalue weighted by atomic mass is 9.86. The number of rotatable bonds is 2. The van der Waals surface area contributed by atoms with Crippen molar-refractivity contribution < 1.29 is 0 Å². The van der Waals surface area contributed by atoms with Gasteiger partial charge in [0.1, 0.15) is 0 Å². The summed E-state index contributed by atoms with van der Waals surface area (Å²) in [5.74, 6) is 0.845. The van der Waals surface area contributed by atoms with Gasteiger partial charge >= 0.3 is 0 Å². The molecular weight excluding hydrogens is 228 g/mol. The molecule has 1 saturated carbocycles. The first-order valence-electron chi connectivity index (χ1n) is 7.25. The Morgan fingerprint density at radius 2 is 1.21 bits per heavy atom. The van der Waals surface area contributed by atoms with Crippen LogP contribution in [0.3, 0.4) is 0 Å². The van der Waals surface area contributed by atoms with E-state index in [0.29, 0.717) is 0 Å². The van der Waals surface area contributed by atoms with Crippen LogP contribution >= 0.6 is 0 Å². The zero-order valence-corrected chi connectivity index (χ0v) is 12.1. The molecule has 0 aromatic heterocycles. The molecular formula is C19H22. The van der Waals surface area contributed by atoms with Crippen LogP contribution in [0.1, 0.15) is 50.7 Å². The van der Waals surface area contributed by atoms with Crippen LogP contribution in [0.2, 0.25) is 0 Å². The van der Waals surface area contributed by atoms with Gasteiger partial charge in [0.2, 0.25) is 0 Å². The Bertz CT molecular complexity index is 548. The average Bonchev–Trinajstić information content (AvgIpc) is 3.22. The highest BCUT2D eigenvalue weighted by atomic mass is 14.3. The Morgan fingerprint density at radius 3 is 1.63 bits per heavy atom. The van der Waals surface area contributed by atoms with Crippen molar-refractivity contribution in [3.05, 3.63) is 59.7 Å². The summed E-state index contributed by atoms with van der Waals surface area (Å²) in [6, 6.07) is 18.1. The Morgan fingerprint density at radius 1 is 0.737 bits per heavy atom. The highest BCUT2D eigenvalue weighted by Gasteiger charge is 2.22. The molecule has 2 aromatic carbocycles. The lowest BCUT2D eigenvalue weighted by Gasteiger charge is -2.19. The minimum Gasteiger partial charge on any atom is -0.0581 e. The van der Waals surface area contributed by atoms with Crippen molar-refractivity contribution in [2.75, 3.05) is 0 Å². The molecule has 1 aliphatic carbocycles. The first-order valence-corrected chi connectivity index (χ1v) is 7.25. The van der Waals surface area contributed by atoms with Gasteiger partial charge < -0.3 is 0 Å². The minimum atomic E-state index is 0.231. The van der Waals surface area contributed by atoms with Crippen LogP contribution < -0.4 is 0 Å². The molecule has 0 saturated heterocycles. The van der Waals surface area contributed by atoms with Crippen molar-refractivity contribution in [2.45, 2.75) is 44.9 Å². The first-order chi connectivity index (χ1) is 9.04. The van der Waals surface area contributed by atoms with E-state index in [9.17, 15) is 0 Å². The van der Waals surface area contributed by atoms with Gasteiger partial charge in [-0.1, -0.05) is 69.3 Å². The Hall–Kier alpha value is -1.56. The third-order valence-electron chi connectivity index (χ3n) is 4.04. The van der Waals surface area contributed by atoms with Crippen LogP contribution in [-0.2, 0) is 5.41 Å². The zero-order valence-electron chi connectivity index (χ0n) is 12.1. The van der Waals surface area contributed by atoms with E-state index in [1.807, 2.05) is 0 Å². The maximum Gasteiger partial charge on any atom is -0.0132 e. The van der Waals surface area contributed by atoms with Gasteiger partial charge in [-0.15, -0.1) is 0 Å². The molecule has 0 amide bonds. The van der Waals surface area contributed by atoms with E-state index < -0.39 is 0 Å². The topological polar surface area (TPSA) is 0 Å². The first kappa shape index (κ1) is 12.5. The van der Waals surface area contributed by atoms with Crippen LogP contribution in [-0.4, -0.2) is 0 Å². The SMILES string of the molecule is CC(C)(C)c1ccc(-c2ccc(C3CC3)cc2)cc1. The van der Waals surface area contributed by atoms with Gasteiger partial charge in [0, 0.05) is 0 Å². The van der Waals surface area contributed by atoms with Crippen molar-refractivity contribution in [3.63, 3.8) is 0 Å². The Labute approximate surface area is 116 Å². The highest BCUT2D eigenvalue weighted by Crippen LogP contribution is 2.40. The lowest BCUT2D eigenvalue weighted by Crippen LogP contribution is -2.10. The molecule has 19 heavy (non-hydrogen) atoms. The molecule has 0 radical (unpaired) electrons. The normalized spacial score (nSPS) is 15.5. The van der Waals surface area contributed by atoms with E-state index in [1.54, 1.807) is 0 Å². The van der Waals surface area contributed by atoms with Gasteiger partial charge in [0.25, 0.3) is 0 Å². The van der Waals surface area contributed by atoms with E-state index in [4.69, 9.17) is 0 Å². The summed E-state index contributed by atoms with van der Waals surface area (Å²) >= 11 is 0. The maximum absolute atomic E-state index is 2.30. The molecule has 1 aliphatic rings. The molecule has 0 heterocycles. The fraction of sp³-hybridized carbons (Fsp3) is 0.368. The third kappa shape index (κ3) is 2.73. The van der Waals surface area contributed by atoms with Gasteiger partial charge in [-0.25, -0.2) is 0 Å². The van der Waals surface area contributed by atoms with Crippen LogP contribution in [0.4, 0.5) is 0 Å². The van der Waals surface area contributed by atoms with E-state index in [2.05, 4.69) is 69.3 Å². The summed E-state index contributed by atoms with van der Waals surface area (Å²) in [4.78, 5) is 0. The highest BCUT2D eigenvalue weighted by molar-refractivity contribution is 5.64. The van der Waals surface area contributed by atoms with Crippen LogP contribution in [0.5, 0.6) is 0 Å². The Balaban J connectivity index is 1.85. The molecule has 0 atom stereocenters. The standard InChI is InChI=1S/C19H22/c1-19(2,3)18-12-10-17(11-13-18)16-8-6-15(7-9-16)14-4-5-14/h6-14H,4-5H2,1-3H3. The fourth-order valence-electron chi connectivity index (χ4n) is 2.53. The molecule has 0 N–H and O–H groups in total. The summed E-state index contributed by atoms with van der Waals surface area (Å²) in [7, 11) is 0. The smallest absolute Gasteiger partial charge is 0.0132 e. The van der Waals surface area contributed by atoms with Gasteiger partial charge in [-0.05, 0) is 46.4 Å². The van der Waals surface area contributed by atoms with Crippen LogP contribution in [0, 0.1) is 0 Å². The second-order valence-electron chi connectivity index (χ2n) is 6.72. The predicted molar refractivity (Wildman–Crippen MR) is 82.6 cm³/mol. The maximum atomic E-state index is 2.30. The molecule has 0 unspecified atom stereocenters. The van der Waals surface area contributed by atoms with Gasteiger partial charge in [0.05, 0.1) is 0 Å². The molecule has 0 aliphatic heterocycles. The lowest BCUT2D eigenvalue weighted by molar-refractivity contribution is 0.590. The monoisotopic (exact) mass is 250 g/mol. The van der Waals surface area contributed by atoms with E-state index in [0.717, 1.165) is 5.92 Å². The van der Waals surface area contributed by atoms with E-state index in [-0.39, 0.29) is 5.41 Å². The molecule has 3 rings (SSSR count). The number of hydrogen-bond donors (Lipinski definition) is 0. The van der Waals surface area contributed by atoms with E-state index in [1.165, 1.54) is 35.1 Å². The second-order valence-corrected chi connectivity index (χ2v) is 6.72. The van der Waals surface area contributed by atoms with Crippen molar-refractivity contribution in [1.82, 2.24) is 0 Å². The van der Waals surface area contributed by atoms with Crippen molar-refractivity contribution in [1.29, 1.82) is 0 Å². The molecule has 0 heteroatoms. The average molecular weight is 250 g/mol. The Kier molecular flexibility index (Phi) is 2.97. The third-order valence-corrected chi connectivity index (χ3v) is 4.04. The molecule has 1 fully saturated rings. The summed E-state index contributed by atoms with van der Waals surface area (Å²) in [5.41, 5.74) is 5.77. The molecule has 0 spiro atoms. The summed E-state index contributed by atoms with van der Waals surface area (Å²) in [6.45, 7) is 6.77. The molecule has 2 aromatic rings. The van der Waals surface area contributed by atoms with Crippen molar-refractivity contribution in [3.8, 4) is 11.1 Å². The molecule has 98 valence electrons. The molecule has 0 nitrogen and oxygen atoms in total. The zero-order chi connectivity index (χ0) is 13.5. The number of hydrogen-bond acceptors (Lipinski definition) is 0. The van der Waals surface area contributed by atoms with Crippen LogP contribution in [0.25, 0.3) is 11.1 Å². The number of benzene rings is 2. The van der Waals surface area contributed by atoms with Gasteiger partial charge in [0.15, 0.2) is 0 Å². The quantitative estimate of drug-likeness (QED) is 0.657. The van der Waals surface area contributed by atoms with Crippen LogP contribution in [0.15, 0.2) is 48.5 Å². The largest absolute Gasteiger partial charge is 0.0581 e. The molecule has 0 bridgehead atoms. The summed E-state index contributed by atoms with van der Waals surface area (Å²) < 4.78 is 0. The predicted octanol–water partition coefficient (Wildman–Crippen LogP) is 5.53. The van der Waals surface area contributed by atoms with Crippen molar-refractivity contribution in [2.24, 2.45) is 0 Å². The van der Waals surface area contributed by atoms with Crippen molar-refractivity contribution >= 4 is 0 Å². The van der Waals surface area contributed by atoms with Gasteiger partial charge in [-0.3, -0.25) is 0 Å².